The molecule has 2 nitrogen and oxygen atoms in total. The minimum Gasteiger partial charge on any atom is -0.301 e. The van der Waals surface area contributed by atoms with E-state index in [2.05, 4.69) is 60.2 Å². The lowest BCUT2D eigenvalue weighted by atomic mass is 10.1. The molecule has 0 saturated heterocycles. The van der Waals surface area contributed by atoms with Crippen molar-refractivity contribution < 1.29 is 0 Å². The first-order valence-corrected chi connectivity index (χ1v) is 9.17. The lowest BCUT2D eigenvalue weighted by molar-refractivity contribution is 0.596. The van der Waals surface area contributed by atoms with Gasteiger partial charge in [-0.15, -0.1) is 11.3 Å². The summed E-state index contributed by atoms with van der Waals surface area (Å²) in [6, 6.07) is 7.52. The molecule has 1 aromatic carbocycles. The lowest BCUT2D eigenvalue weighted by Crippen LogP contribution is -2.24. The molecule has 1 fully saturated rings. The normalized spacial score (nSPS) is 16.2. The van der Waals surface area contributed by atoms with Crippen molar-refractivity contribution in [3.63, 3.8) is 0 Å². The SMILES string of the molecule is CCc1nc(C(NC2CC2)c2ccc(C)c(Br)c2)sc1C. The second kappa shape index (κ2) is 6.19. The van der Waals surface area contributed by atoms with Crippen LogP contribution < -0.4 is 5.32 Å². The van der Waals surface area contributed by atoms with E-state index in [1.54, 1.807) is 0 Å². The number of thiazole rings is 1. The molecular formula is C17H21BrN2S. The summed E-state index contributed by atoms with van der Waals surface area (Å²) in [5.74, 6) is 0. The third-order valence-corrected chi connectivity index (χ3v) is 5.93. The average molecular weight is 365 g/mol. The minimum atomic E-state index is 0.221. The molecule has 0 spiro atoms. The Balaban J connectivity index is 1.97. The Bertz CT molecular complexity index is 646. The van der Waals surface area contributed by atoms with E-state index in [1.165, 1.54) is 44.0 Å². The molecule has 112 valence electrons. The fourth-order valence-corrected chi connectivity index (χ4v) is 3.98. The van der Waals surface area contributed by atoms with Gasteiger partial charge < -0.3 is 5.32 Å². The van der Waals surface area contributed by atoms with Crippen molar-refractivity contribution in [3.8, 4) is 0 Å². The lowest BCUT2D eigenvalue weighted by Gasteiger charge is -2.17. The van der Waals surface area contributed by atoms with Crippen molar-refractivity contribution in [2.24, 2.45) is 0 Å². The summed E-state index contributed by atoms with van der Waals surface area (Å²) < 4.78 is 1.17. The molecule has 0 aliphatic heterocycles. The first-order chi connectivity index (χ1) is 10.1. The first kappa shape index (κ1) is 15.2. The fraction of sp³-hybridized carbons (Fsp3) is 0.471. The summed E-state index contributed by atoms with van der Waals surface area (Å²) in [7, 11) is 0. The van der Waals surface area contributed by atoms with Gasteiger partial charge in [0.1, 0.15) is 5.01 Å². The van der Waals surface area contributed by atoms with Crippen LogP contribution in [-0.2, 0) is 6.42 Å². The highest BCUT2D eigenvalue weighted by Crippen LogP contribution is 2.33. The second-order valence-electron chi connectivity index (χ2n) is 5.79. The van der Waals surface area contributed by atoms with Gasteiger partial charge in [0.25, 0.3) is 0 Å². The van der Waals surface area contributed by atoms with E-state index in [0.29, 0.717) is 6.04 Å². The van der Waals surface area contributed by atoms with Crippen LogP contribution in [0.15, 0.2) is 22.7 Å². The predicted octanol–water partition coefficient (Wildman–Crippen LogP) is 4.93. The minimum absolute atomic E-state index is 0.221. The van der Waals surface area contributed by atoms with Crippen LogP contribution in [0.2, 0.25) is 0 Å². The molecule has 21 heavy (non-hydrogen) atoms. The predicted molar refractivity (Wildman–Crippen MR) is 93.1 cm³/mol. The highest BCUT2D eigenvalue weighted by molar-refractivity contribution is 9.10. The van der Waals surface area contributed by atoms with E-state index in [-0.39, 0.29) is 6.04 Å². The van der Waals surface area contributed by atoms with Crippen LogP contribution in [0.3, 0.4) is 0 Å². The van der Waals surface area contributed by atoms with Gasteiger partial charge in [0.15, 0.2) is 0 Å². The number of nitrogens with one attached hydrogen (secondary N) is 1. The van der Waals surface area contributed by atoms with Gasteiger partial charge in [-0.1, -0.05) is 35.0 Å². The van der Waals surface area contributed by atoms with E-state index in [1.807, 2.05) is 11.3 Å². The third-order valence-electron chi connectivity index (χ3n) is 4.00. The number of hydrogen-bond acceptors (Lipinski definition) is 3. The van der Waals surface area contributed by atoms with Gasteiger partial charge in [0.05, 0.1) is 11.7 Å². The number of nitrogens with zero attached hydrogens (tertiary/aromatic N) is 1. The van der Waals surface area contributed by atoms with E-state index in [0.717, 1.165) is 6.42 Å². The first-order valence-electron chi connectivity index (χ1n) is 7.56. The van der Waals surface area contributed by atoms with Crippen molar-refractivity contribution in [2.45, 2.75) is 52.1 Å². The van der Waals surface area contributed by atoms with Gasteiger partial charge in [0.2, 0.25) is 0 Å². The summed E-state index contributed by atoms with van der Waals surface area (Å²) in [5.41, 5.74) is 3.81. The Labute approximate surface area is 139 Å². The molecule has 1 aromatic heterocycles. The highest BCUT2D eigenvalue weighted by atomic mass is 79.9. The van der Waals surface area contributed by atoms with Crippen LogP contribution in [0, 0.1) is 13.8 Å². The summed E-state index contributed by atoms with van der Waals surface area (Å²) in [6.07, 6.45) is 3.58. The smallest absolute Gasteiger partial charge is 0.115 e. The zero-order valence-corrected chi connectivity index (χ0v) is 15.1. The molecule has 0 amide bonds. The molecule has 1 N–H and O–H groups in total. The van der Waals surface area contributed by atoms with Crippen LogP contribution in [0.1, 0.15) is 52.5 Å². The van der Waals surface area contributed by atoms with Gasteiger partial charge in [-0.25, -0.2) is 4.98 Å². The summed E-state index contributed by atoms with van der Waals surface area (Å²) in [5, 5.41) is 4.96. The van der Waals surface area contributed by atoms with Crippen molar-refractivity contribution in [2.75, 3.05) is 0 Å². The molecule has 1 aliphatic carbocycles. The van der Waals surface area contributed by atoms with E-state index >= 15 is 0 Å². The monoisotopic (exact) mass is 364 g/mol. The summed E-state index contributed by atoms with van der Waals surface area (Å²) in [6.45, 7) is 6.48. The van der Waals surface area contributed by atoms with Crippen LogP contribution >= 0.6 is 27.3 Å². The van der Waals surface area contributed by atoms with Crippen LogP contribution in [0.4, 0.5) is 0 Å². The molecule has 1 unspecified atom stereocenters. The molecule has 1 saturated carbocycles. The molecule has 0 bridgehead atoms. The topological polar surface area (TPSA) is 24.9 Å². The Morgan fingerprint density at radius 3 is 2.71 bits per heavy atom. The van der Waals surface area contributed by atoms with E-state index < -0.39 is 0 Å². The molecule has 4 heteroatoms. The van der Waals surface area contributed by atoms with Gasteiger partial charge in [-0.05, 0) is 50.3 Å². The van der Waals surface area contributed by atoms with Crippen LogP contribution in [-0.4, -0.2) is 11.0 Å². The Kier molecular flexibility index (Phi) is 4.48. The van der Waals surface area contributed by atoms with Crippen molar-refractivity contribution in [3.05, 3.63) is 49.4 Å². The molecule has 1 atom stereocenters. The zero-order valence-electron chi connectivity index (χ0n) is 12.7. The Morgan fingerprint density at radius 2 is 2.14 bits per heavy atom. The number of benzene rings is 1. The molecular weight excluding hydrogens is 344 g/mol. The number of aromatic nitrogens is 1. The Hall–Kier alpha value is -0.710. The fourth-order valence-electron chi connectivity index (χ4n) is 2.49. The number of aryl methyl sites for hydroxylation is 3. The molecule has 1 heterocycles. The largest absolute Gasteiger partial charge is 0.301 e. The summed E-state index contributed by atoms with van der Waals surface area (Å²) in [4.78, 5) is 6.23. The maximum absolute atomic E-state index is 4.88. The standard InChI is InChI=1S/C17H21BrN2S/c1-4-15-11(3)21-17(20-15)16(19-13-7-8-13)12-6-5-10(2)14(18)9-12/h5-6,9,13,16,19H,4,7-8H2,1-3H3. The molecule has 3 rings (SSSR count). The zero-order chi connectivity index (χ0) is 15.0. The van der Waals surface area contributed by atoms with Crippen LogP contribution in [0.25, 0.3) is 0 Å². The van der Waals surface area contributed by atoms with Crippen LogP contribution in [0.5, 0.6) is 0 Å². The third kappa shape index (κ3) is 3.38. The van der Waals surface area contributed by atoms with Crippen molar-refractivity contribution >= 4 is 27.3 Å². The maximum Gasteiger partial charge on any atom is 0.115 e. The molecule has 0 radical (unpaired) electrons. The van der Waals surface area contributed by atoms with Crippen molar-refractivity contribution in [1.82, 2.24) is 10.3 Å². The average Bonchev–Trinajstić information content (AvgIpc) is 3.21. The highest BCUT2D eigenvalue weighted by Gasteiger charge is 2.28. The summed E-state index contributed by atoms with van der Waals surface area (Å²) >= 11 is 5.49. The molecule has 2 aromatic rings. The quantitative estimate of drug-likeness (QED) is 0.813. The molecule has 1 aliphatic rings. The number of rotatable bonds is 5. The van der Waals surface area contributed by atoms with Gasteiger partial charge >= 0.3 is 0 Å². The van der Waals surface area contributed by atoms with Crippen molar-refractivity contribution in [1.29, 1.82) is 0 Å². The maximum atomic E-state index is 4.88. The second-order valence-corrected chi connectivity index (χ2v) is 7.88. The van der Waals surface area contributed by atoms with Gasteiger partial charge in [-0.3, -0.25) is 0 Å². The van der Waals surface area contributed by atoms with E-state index in [9.17, 15) is 0 Å². The van der Waals surface area contributed by atoms with E-state index in [4.69, 9.17) is 4.98 Å². The number of hydrogen-bond donors (Lipinski definition) is 1. The van der Waals surface area contributed by atoms with Gasteiger partial charge in [0, 0.05) is 15.4 Å². The Morgan fingerprint density at radius 1 is 1.38 bits per heavy atom. The number of halogens is 1. The van der Waals surface area contributed by atoms with Gasteiger partial charge in [-0.2, -0.15) is 0 Å².